The number of Topliss-reactive ketones (excluding diaryl/α,β-unsaturated/α-hetero) is 1. The summed E-state index contributed by atoms with van der Waals surface area (Å²) in [5.41, 5.74) is 6.19. The zero-order chi connectivity index (χ0) is 12.2. The number of benzene rings is 1. The van der Waals surface area contributed by atoms with Crippen LogP contribution in [0.4, 0.5) is 4.39 Å². The summed E-state index contributed by atoms with van der Waals surface area (Å²) in [5, 5.41) is 0. The Hall–Kier alpha value is -1.26. The molecule has 0 aromatic heterocycles. The van der Waals surface area contributed by atoms with Gasteiger partial charge in [-0.1, -0.05) is 18.2 Å². The molecule has 0 fully saturated rings. The van der Waals surface area contributed by atoms with Crippen molar-refractivity contribution in [3.63, 3.8) is 0 Å². The number of halogens is 1. The van der Waals surface area contributed by atoms with E-state index in [-0.39, 0.29) is 18.0 Å². The maximum Gasteiger partial charge on any atom is 0.208 e. The minimum absolute atomic E-state index is 0.117. The van der Waals surface area contributed by atoms with Gasteiger partial charge in [-0.25, -0.2) is 4.39 Å². The van der Waals surface area contributed by atoms with Crippen LogP contribution in [0.15, 0.2) is 24.3 Å². The number of rotatable bonds is 5. The van der Waals surface area contributed by atoms with Crippen LogP contribution in [0.2, 0.25) is 0 Å². The molecule has 0 spiro atoms. The third-order valence-electron chi connectivity index (χ3n) is 2.27. The Bertz CT molecular complexity index is 377. The first-order valence-corrected chi connectivity index (χ1v) is 5.14. The molecule has 0 saturated carbocycles. The van der Waals surface area contributed by atoms with Gasteiger partial charge in [0.1, 0.15) is 0 Å². The van der Waals surface area contributed by atoms with Crippen LogP contribution >= 0.6 is 0 Å². The van der Waals surface area contributed by atoms with Crippen molar-refractivity contribution in [1.29, 1.82) is 0 Å². The van der Waals surface area contributed by atoms with Gasteiger partial charge in [0, 0.05) is 17.7 Å². The van der Waals surface area contributed by atoms with Crippen LogP contribution in [0.1, 0.15) is 29.8 Å². The van der Waals surface area contributed by atoms with Gasteiger partial charge < -0.3 is 4.74 Å². The van der Waals surface area contributed by atoms with Crippen LogP contribution < -0.4 is 5.73 Å². The molecule has 0 aliphatic carbocycles. The molecule has 0 heterocycles. The molecule has 1 aromatic rings. The standard InChI is InChI=1S/C12H16FNO2/c1-3-16-8-12(13,14)11-6-4-5-10(7-11)9(2)15/h4-7H,3,8,14H2,1-2H3. The topological polar surface area (TPSA) is 52.3 Å². The van der Waals surface area contributed by atoms with E-state index in [4.69, 9.17) is 10.5 Å². The second kappa shape index (κ2) is 5.18. The van der Waals surface area contributed by atoms with Gasteiger partial charge in [0.05, 0.1) is 6.61 Å². The lowest BCUT2D eigenvalue weighted by Gasteiger charge is -2.20. The summed E-state index contributed by atoms with van der Waals surface area (Å²) in [4.78, 5) is 11.1. The van der Waals surface area contributed by atoms with E-state index >= 15 is 0 Å². The molecule has 0 radical (unpaired) electrons. The lowest BCUT2D eigenvalue weighted by molar-refractivity contribution is 0.0212. The molecule has 0 amide bonds. The van der Waals surface area contributed by atoms with E-state index in [1.165, 1.54) is 13.0 Å². The van der Waals surface area contributed by atoms with E-state index in [1.54, 1.807) is 25.1 Å². The van der Waals surface area contributed by atoms with Crippen LogP contribution in [-0.4, -0.2) is 19.0 Å². The van der Waals surface area contributed by atoms with Crippen molar-refractivity contribution in [1.82, 2.24) is 0 Å². The van der Waals surface area contributed by atoms with E-state index in [9.17, 15) is 9.18 Å². The summed E-state index contributed by atoms with van der Waals surface area (Å²) >= 11 is 0. The Labute approximate surface area is 94.4 Å². The SMILES string of the molecule is CCOCC(N)(F)c1cccc(C(C)=O)c1. The summed E-state index contributed by atoms with van der Waals surface area (Å²) in [5.74, 6) is -2.17. The number of alkyl halides is 1. The van der Waals surface area contributed by atoms with Crippen molar-refractivity contribution in [3.05, 3.63) is 35.4 Å². The number of carbonyl (C=O) groups is 1. The normalized spacial score (nSPS) is 14.5. The lowest BCUT2D eigenvalue weighted by atomic mass is 10.0. The molecule has 0 bridgehead atoms. The highest BCUT2D eigenvalue weighted by Gasteiger charge is 2.27. The molecule has 4 heteroatoms. The van der Waals surface area contributed by atoms with E-state index in [0.29, 0.717) is 12.2 Å². The highest BCUT2D eigenvalue weighted by atomic mass is 19.1. The minimum atomic E-state index is -2.05. The molecule has 0 aliphatic rings. The van der Waals surface area contributed by atoms with Gasteiger partial charge in [-0.15, -0.1) is 0 Å². The summed E-state index contributed by atoms with van der Waals surface area (Å²) in [7, 11) is 0. The van der Waals surface area contributed by atoms with E-state index in [1.807, 2.05) is 0 Å². The van der Waals surface area contributed by atoms with E-state index in [2.05, 4.69) is 0 Å². The zero-order valence-electron chi connectivity index (χ0n) is 9.50. The molecule has 0 saturated heterocycles. The first-order chi connectivity index (χ1) is 7.47. The van der Waals surface area contributed by atoms with Crippen molar-refractivity contribution in [2.45, 2.75) is 19.6 Å². The average Bonchev–Trinajstić information content (AvgIpc) is 2.26. The van der Waals surface area contributed by atoms with Gasteiger partial charge in [0.2, 0.25) is 5.79 Å². The van der Waals surface area contributed by atoms with Gasteiger partial charge >= 0.3 is 0 Å². The summed E-state index contributed by atoms with van der Waals surface area (Å²) < 4.78 is 19.0. The van der Waals surface area contributed by atoms with Crippen molar-refractivity contribution in [2.24, 2.45) is 5.73 Å². The molecule has 16 heavy (non-hydrogen) atoms. The van der Waals surface area contributed by atoms with Crippen molar-refractivity contribution in [3.8, 4) is 0 Å². The molecular weight excluding hydrogens is 209 g/mol. The Balaban J connectivity index is 2.94. The highest BCUT2D eigenvalue weighted by molar-refractivity contribution is 5.94. The first kappa shape index (κ1) is 12.8. The Morgan fingerprint density at radius 3 is 2.81 bits per heavy atom. The number of hydrogen-bond donors (Lipinski definition) is 1. The quantitative estimate of drug-likeness (QED) is 0.616. The third-order valence-corrected chi connectivity index (χ3v) is 2.27. The number of carbonyl (C=O) groups excluding carboxylic acids is 1. The fourth-order valence-corrected chi connectivity index (χ4v) is 1.33. The first-order valence-electron chi connectivity index (χ1n) is 5.14. The predicted octanol–water partition coefficient (Wildman–Crippen LogP) is 2.01. The molecule has 1 aromatic carbocycles. The molecule has 1 atom stereocenters. The zero-order valence-corrected chi connectivity index (χ0v) is 9.50. The molecular formula is C12H16FNO2. The van der Waals surface area contributed by atoms with Crippen LogP contribution in [0, 0.1) is 0 Å². The molecule has 1 unspecified atom stereocenters. The average molecular weight is 225 g/mol. The maximum atomic E-state index is 14.0. The molecule has 88 valence electrons. The van der Waals surface area contributed by atoms with Gasteiger partial charge in [-0.2, -0.15) is 0 Å². The van der Waals surface area contributed by atoms with Crippen LogP contribution in [0.25, 0.3) is 0 Å². The highest BCUT2D eigenvalue weighted by Crippen LogP contribution is 2.21. The smallest absolute Gasteiger partial charge is 0.208 e. The molecule has 2 N–H and O–H groups in total. The molecule has 0 aliphatic heterocycles. The maximum absolute atomic E-state index is 14.0. The Morgan fingerprint density at radius 1 is 1.56 bits per heavy atom. The van der Waals surface area contributed by atoms with E-state index < -0.39 is 5.79 Å². The number of ketones is 1. The van der Waals surface area contributed by atoms with Crippen LogP contribution in [-0.2, 0) is 10.5 Å². The number of hydrogen-bond acceptors (Lipinski definition) is 3. The van der Waals surface area contributed by atoms with Gasteiger partial charge in [0.15, 0.2) is 5.78 Å². The number of nitrogens with two attached hydrogens (primary N) is 1. The fraction of sp³-hybridized carbons (Fsp3) is 0.417. The van der Waals surface area contributed by atoms with Crippen LogP contribution in [0.5, 0.6) is 0 Å². The van der Waals surface area contributed by atoms with Crippen molar-refractivity contribution < 1.29 is 13.9 Å². The van der Waals surface area contributed by atoms with Crippen molar-refractivity contribution in [2.75, 3.05) is 13.2 Å². The Kier molecular flexibility index (Phi) is 4.15. The van der Waals surface area contributed by atoms with Crippen LogP contribution in [0.3, 0.4) is 0 Å². The number of ether oxygens (including phenoxy) is 1. The third kappa shape index (κ3) is 3.12. The van der Waals surface area contributed by atoms with Gasteiger partial charge in [0.25, 0.3) is 0 Å². The summed E-state index contributed by atoms with van der Waals surface area (Å²) in [6, 6.07) is 6.24. The largest absolute Gasteiger partial charge is 0.377 e. The minimum Gasteiger partial charge on any atom is -0.377 e. The second-order valence-corrected chi connectivity index (χ2v) is 3.64. The summed E-state index contributed by atoms with van der Waals surface area (Å²) in [6.07, 6.45) is 0. The second-order valence-electron chi connectivity index (χ2n) is 3.64. The van der Waals surface area contributed by atoms with Crippen molar-refractivity contribution >= 4 is 5.78 Å². The molecule has 1 rings (SSSR count). The summed E-state index contributed by atoms with van der Waals surface area (Å²) in [6.45, 7) is 3.38. The lowest BCUT2D eigenvalue weighted by Crippen LogP contribution is -2.36. The van der Waals surface area contributed by atoms with E-state index in [0.717, 1.165) is 0 Å². The predicted molar refractivity (Wildman–Crippen MR) is 59.9 cm³/mol. The fourth-order valence-electron chi connectivity index (χ4n) is 1.33. The molecule has 3 nitrogen and oxygen atoms in total. The Morgan fingerprint density at radius 2 is 2.25 bits per heavy atom. The van der Waals surface area contributed by atoms with Gasteiger partial charge in [-0.3, -0.25) is 10.5 Å². The van der Waals surface area contributed by atoms with Gasteiger partial charge in [-0.05, 0) is 19.9 Å². The monoisotopic (exact) mass is 225 g/mol.